The molecule has 1 atom stereocenters. The van der Waals surface area contributed by atoms with Crippen LogP contribution in [0.25, 0.3) is 11.4 Å². The summed E-state index contributed by atoms with van der Waals surface area (Å²) in [6, 6.07) is 15.1. The molecule has 0 bridgehead atoms. The lowest BCUT2D eigenvalue weighted by Gasteiger charge is -2.16. The maximum absolute atomic E-state index is 12.4. The van der Waals surface area contributed by atoms with Crippen LogP contribution in [0.4, 0.5) is 0 Å². The van der Waals surface area contributed by atoms with Gasteiger partial charge in [0.1, 0.15) is 5.75 Å². The fourth-order valence-electron chi connectivity index (χ4n) is 3.42. The van der Waals surface area contributed by atoms with E-state index in [0.29, 0.717) is 36.2 Å². The van der Waals surface area contributed by atoms with E-state index in [9.17, 15) is 4.79 Å². The van der Waals surface area contributed by atoms with E-state index < -0.39 is 0 Å². The first-order chi connectivity index (χ1) is 14.0. The Hall–Kier alpha value is -2.86. The predicted molar refractivity (Wildman–Crippen MR) is 110 cm³/mol. The molecule has 29 heavy (non-hydrogen) atoms. The molecule has 0 N–H and O–H groups in total. The summed E-state index contributed by atoms with van der Waals surface area (Å²) in [5.41, 5.74) is 1.85. The maximum atomic E-state index is 12.4. The van der Waals surface area contributed by atoms with Gasteiger partial charge in [0.2, 0.25) is 17.6 Å². The number of ether oxygens (including phenoxy) is 1. The van der Waals surface area contributed by atoms with E-state index in [4.69, 9.17) is 20.9 Å². The topological polar surface area (TPSA) is 68.5 Å². The Kier molecular flexibility index (Phi) is 5.53. The highest BCUT2D eigenvalue weighted by atomic mass is 35.5. The van der Waals surface area contributed by atoms with Crippen molar-refractivity contribution in [2.24, 2.45) is 0 Å². The Morgan fingerprint density at radius 1 is 1.24 bits per heavy atom. The highest BCUT2D eigenvalue weighted by molar-refractivity contribution is 6.30. The van der Waals surface area contributed by atoms with Crippen LogP contribution in [0.2, 0.25) is 5.02 Å². The van der Waals surface area contributed by atoms with Crippen molar-refractivity contribution in [2.75, 3.05) is 6.54 Å². The van der Waals surface area contributed by atoms with Gasteiger partial charge < -0.3 is 14.2 Å². The Morgan fingerprint density at radius 2 is 2.03 bits per heavy atom. The van der Waals surface area contributed by atoms with E-state index in [0.717, 1.165) is 16.9 Å². The molecule has 1 aliphatic heterocycles. The number of carbonyl (C=O) groups excluding carboxylic acids is 1. The number of hydrogen-bond acceptors (Lipinski definition) is 5. The first kappa shape index (κ1) is 19.5. The van der Waals surface area contributed by atoms with Gasteiger partial charge in [-0.05, 0) is 55.8 Å². The standard InChI is InChI=1S/C22H22ClN3O3/c1-14(2)28-19-8-6-16(7-9-19)21-24-22(29-25-21)17-11-20(27)26(13-17)12-15-4-3-5-18(23)10-15/h3-10,14,17H,11-13H2,1-2H3. The molecule has 6 nitrogen and oxygen atoms in total. The van der Waals surface area contributed by atoms with Gasteiger partial charge in [-0.3, -0.25) is 4.79 Å². The maximum Gasteiger partial charge on any atom is 0.232 e. The first-order valence-corrected chi connectivity index (χ1v) is 9.98. The molecule has 2 aromatic carbocycles. The Bertz CT molecular complexity index is 1000. The zero-order valence-electron chi connectivity index (χ0n) is 16.3. The molecule has 1 fully saturated rings. The summed E-state index contributed by atoms with van der Waals surface area (Å²) in [4.78, 5) is 18.8. The summed E-state index contributed by atoms with van der Waals surface area (Å²) in [5, 5.41) is 4.76. The second-order valence-corrected chi connectivity index (χ2v) is 7.89. The number of amides is 1. The lowest BCUT2D eigenvalue weighted by Crippen LogP contribution is -2.24. The van der Waals surface area contributed by atoms with Crippen molar-refractivity contribution in [1.82, 2.24) is 15.0 Å². The molecule has 2 heterocycles. The van der Waals surface area contributed by atoms with Crippen molar-refractivity contribution in [3.63, 3.8) is 0 Å². The summed E-state index contributed by atoms with van der Waals surface area (Å²) >= 11 is 6.04. The Labute approximate surface area is 174 Å². The summed E-state index contributed by atoms with van der Waals surface area (Å²) in [5.74, 6) is 1.77. The third-order valence-electron chi connectivity index (χ3n) is 4.75. The average Bonchev–Trinajstić information content (AvgIpc) is 3.30. The van der Waals surface area contributed by atoms with Crippen LogP contribution in [0.5, 0.6) is 5.75 Å². The van der Waals surface area contributed by atoms with Crippen LogP contribution in [-0.4, -0.2) is 33.6 Å². The fourth-order valence-corrected chi connectivity index (χ4v) is 3.63. The number of hydrogen-bond donors (Lipinski definition) is 0. The molecule has 0 radical (unpaired) electrons. The van der Waals surface area contributed by atoms with Gasteiger partial charge in [0.25, 0.3) is 0 Å². The normalized spacial score (nSPS) is 16.6. The molecule has 4 rings (SSSR count). The van der Waals surface area contributed by atoms with Gasteiger partial charge in [0.05, 0.1) is 12.0 Å². The highest BCUT2D eigenvalue weighted by Gasteiger charge is 2.34. The van der Waals surface area contributed by atoms with Crippen molar-refractivity contribution in [3.8, 4) is 17.1 Å². The Balaban J connectivity index is 1.43. The van der Waals surface area contributed by atoms with E-state index in [2.05, 4.69) is 10.1 Å². The molecule has 1 aliphatic rings. The van der Waals surface area contributed by atoms with Crippen LogP contribution in [0.15, 0.2) is 53.1 Å². The van der Waals surface area contributed by atoms with E-state index >= 15 is 0 Å². The molecule has 1 aromatic heterocycles. The minimum absolute atomic E-state index is 0.0740. The molecule has 3 aromatic rings. The molecule has 0 spiro atoms. The summed E-state index contributed by atoms with van der Waals surface area (Å²) < 4.78 is 11.1. The van der Waals surface area contributed by atoms with Crippen molar-refractivity contribution < 1.29 is 14.1 Å². The summed E-state index contributed by atoms with van der Waals surface area (Å²) in [6.07, 6.45) is 0.482. The molecule has 150 valence electrons. The van der Waals surface area contributed by atoms with Gasteiger partial charge in [0, 0.05) is 30.1 Å². The van der Waals surface area contributed by atoms with Gasteiger partial charge >= 0.3 is 0 Å². The largest absolute Gasteiger partial charge is 0.491 e. The molecular formula is C22H22ClN3O3. The molecule has 1 saturated heterocycles. The fraction of sp³-hybridized carbons (Fsp3) is 0.318. The second kappa shape index (κ2) is 8.25. The number of carbonyl (C=O) groups is 1. The van der Waals surface area contributed by atoms with E-state index in [-0.39, 0.29) is 17.9 Å². The third kappa shape index (κ3) is 4.59. The minimum Gasteiger partial charge on any atom is -0.491 e. The molecule has 1 unspecified atom stereocenters. The monoisotopic (exact) mass is 411 g/mol. The third-order valence-corrected chi connectivity index (χ3v) is 4.99. The van der Waals surface area contributed by atoms with Gasteiger partial charge in [-0.2, -0.15) is 4.98 Å². The lowest BCUT2D eigenvalue weighted by molar-refractivity contribution is -0.128. The van der Waals surface area contributed by atoms with Crippen molar-refractivity contribution in [2.45, 2.75) is 38.8 Å². The number of rotatable bonds is 6. The quantitative estimate of drug-likeness (QED) is 0.588. The number of benzene rings is 2. The van der Waals surface area contributed by atoms with Crippen LogP contribution in [0.3, 0.4) is 0 Å². The van der Waals surface area contributed by atoms with Crippen molar-refractivity contribution >= 4 is 17.5 Å². The lowest BCUT2D eigenvalue weighted by atomic mass is 10.1. The van der Waals surface area contributed by atoms with E-state index in [1.807, 2.05) is 62.4 Å². The van der Waals surface area contributed by atoms with Crippen molar-refractivity contribution in [1.29, 1.82) is 0 Å². The summed E-state index contributed by atoms with van der Waals surface area (Å²) in [7, 11) is 0. The van der Waals surface area contributed by atoms with E-state index in [1.165, 1.54) is 0 Å². The molecular weight excluding hydrogens is 390 g/mol. The summed E-state index contributed by atoms with van der Waals surface area (Å²) in [6.45, 7) is 5.04. The van der Waals surface area contributed by atoms with Gasteiger partial charge in [-0.25, -0.2) is 0 Å². The zero-order chi connectivity index (χ0) is 20.4. The van der Waals surface area contributed by atoms with Crippen LogP contribution >= 0.6 is 11.6 Å². The highest BCUT2D eigenvalue weighted by Crippen LogP contribution is 2.30. The number of likely N-dealkylation sites (tertiary alicyclic amines) is 1. The number of halogens is 1. The first-order valence-electron chi connectivity index (χ1n) is 9.61. The number of nitrogens with zero attached hydrogens (tertiary/aromatic N) is 3. The van der Waals surface area contributed by atoms with Gasteiger partial charge in [-0.1, -0.05) is 28.9 Å². The van der Waals surface area contributed by atoms with Gasteiger partial charge in [-0.15, -0.1) is 0 Å². The van der Waals surface area contributed by atoms with Crippen LogP contribution < -0.4 is 4.74 Å². The van der Waals surface area contributed by atoms with Gasteiger partial charge in [0.15, 0.2) is 0 Å². The van der Waals surface area contributed by atoms with Crippen LogP contribution in [0.1, 0.15) is 37.6 Å². The molecule has 0 saturated carbocycles. The van der Waals surface area contributed by atoms with Crippen molar-refractivity contribution in [3.05, 3.63) is 65.0 Å². The number of aromatic nitrogens is 2. The van der Waals surface area contributed by atoms with Crippen LogP contribution in [0, 0.1) is 0 Å². The Morgan fingerprint density at radius 3 is 2.76 bits per heavy atom. The average molecular weight is 412 g/mol. The molecule has 1 amide bonds. The predicted octanol–water partition coefficient (Wildman–Crippen LogP) is 4.69. The van der Waals surface area contributed by atoms with E-state index in [1.54, 1.807) is 4.90 Å². The smallest absolute Gasteiger partial charge is 0.232 e. The second-order valence-electron chi connectivity index (χ2n) is 7.45. The van der Waals surface area contributed by atoms with Crippen LogP contribution in [-0.2, 0) is 11.3 Å². The minimum atomic E-state index is -0.105. The zero-order valence-corrected chi connectivity index (χ0v) is 17.1. The molecule has 7 heteroatoms. The SMILES string of the molecule is CC(C)Oc1ccc(-c2noc(C3CC(=O)N(Cc4cccc(Cl)c4)C3)n2)cc1. The molecule has 0 aliphatic carbocycles.